The van der Waals surface area contributed by atoms with Gasteiger partial charge in [-0.2, -0.15) is 0 Å². The zero-order valence-electron chi connectivity index (χ0n) is 21.4. The summed E-state index contributed by atoms with van der Waals surface area (Å²) in [7, 11) is 0. The number of nitrogens with zero attached hydrogens (tertiary/aromatic N) is 6. The normalized spacial score (nSPS) is 34.0. The maximum Gasteiger partial charge on any atom is 0.373 e. The number of thioether (sulfide) groups is 1. The molecule has 2 aliphatic heterocycles. The lowest BCUT2D eigenvalue weighted by atomic mass is 9.97. The average molecular weight is 599 g/mol. The quantitative estimate of drug-likeness (QED) is 0.0733. The molecule has 0 radical (unpaired) electrons. The minimum Gasteiger partial charge on any atom is -0.418 e. The van der Waals surface area contributed by atoms with Crippen LogP contribution in [0.5, 0.6) is 5.75 Å². The molecule has 41 heavy (non-hydrogen) atoms. The van der Waals surface area contributed by atoms with Crippen molar-refractivity contribution in [2.24, 2.45) is 10.2 Å². The van der Waals surface area contributed by atoms with Gasteiger partial charge in [0.25, 0.3) is 0 Å². The van der Waals surface area contributed by atoms with Gasteiger partial charge >= 0.3 is 5.30 Å². The van der Waals surface area contributed by atoms with Crippen LogP contribution < -0.4 is 4.74 Å². The van der Waals surface area contributed by atoms with E-state index in [4.69, 9.17) is 34.7 Å². The number of aliphatic hydroxyl groups is 5. The van der Waals surface area contributed by atoms with Gasteiger partial charge in [0.05, 0.1) is 37.3 Å². The van der Waals surface area contributed by atoms with Crippen molar-refractivity contribution in [3.8, 4) is 5.75 Å². The SMILES string of the molecule is C=CC(CO[C@@H]1O[C@H](CO[C@@H]2O[C@H](CO)[C@@H](O)[C@H](O)[C@H]2N=[N+]=[N-])[C@@H](O)[C@H](O)[C@H]1N=[N+]=[N-])SC(=O)Oc1ccccc1. The van der Waals surface area contributed by atoms with Gasteiger partial charge in [-0.15, -0.1) is 6.58 Å². The van der Waals surface area contributed by atoms with Crippen LogP contribution >= 0.6 is 11.8 Å². The van der Waals surface area contributed by atoms with Gasteiger partial charge < -0.3 is 49.2 Å². The van der Waals surface area contributed by atoms with E-state index in [9.17, 15) is 30.3 Å². The van der Waals surface area contributed by atoms with Crippen molar-refractivity contribution in [2.75, 3.05) is 19.8 Å². The number of ether oxygens (including phenoxy) is 5. The van der Waals surface area contributed by atoms with E-state index in [0.29, 0.717) is 5.75 Å². The van der Waals surface area contributed by atoms with Crippen LogP contribution in [-0.2, 0) is 18.9 Å². The van der Waals surface area contributed by atoms with E-state index in [0.717, 1.165) is 11.8 Å². The molecule has 224 valence electrons. The van der Waals surface area contributed by atoms with E-state index in [2.05, 4.69) is 26.6 Å². The molecule has 2 aliphatic rings. The lowest BCUT2D eigenvalue weighted by Crippen LogP contribution is -2.61. The molecule has 0 spiro atoms. The Balaban J connectivity index is 1.65. The van der Waals surface area contributed by atoms with Crippen LogP contribution in [0.3, 0.4) is 0 Å². The first-order valence-electron chi connectivity index (χ1n) is 12.3. The Kier molecular flexibility index (Phi) is 12.6. The maximum atomic E-state index is 12.3. The number of carbonyl (C=O) groups is 1. The second-order valence-electron chi connectivity index (χ2n) is 8.85. The van der Waals surface area contributed by atoms with Crippen LogP contribution in [0.1, 0.15) is 0 Å². The number of azide groups is 2. The molecule has 1 aromatic carbocycles. The summed E-state index contributed by atoms with van der Waals surface area (Å²) in [6.45, 7) is 2.25. The van der Waals surface area contributed by atoms with E-state index in [-0.39, 0.29) is 6.61 Å². The predicted molar refractivity (Wildman–Crippen MR) is 140 cm³/mol. The summed E-state index contributed by atoms with van der Waals surface area (Å²) in [6, 6.07) is 5.55. The van der Waals surface area contributed by atoms with Crippen molar-refractivity contribution in [3.05, 3.63) is 63.9 Å². The molecular formula is C23H30N6O11S. The predicted octanol–water partition coefficient (Wildman–Crippen LogP) is 0.750. The fraction of sp³-hybridized carbons (Fsp3) is 0.609. The third kappa shape index (κ3) is 8.52. The van der Waals surface area contributed by atoms with Crippen LogP contribution in [0.15, 0.2) is 53.2 Å². The Morgan fingerprint density at radius 1 is 0.976 bits per heavy atom. The Labute approximate surface area is 237 Å². The molecule has 17 nitrogen and oxygen atoms in total. The van der Waals surface area contributed by atoms with Gasteiger partial charge in [0.1, 0.15) is 42.2 Å². The Morgan fingerprint density at radius 3 is 2.10 bits per heavy atom. The van der Waals surface area contributed by atoms with Gasteiger partial charge in [-0.1, -0.05) is 34.5 Å². The second kappa shape index (κ2) is 15.9. The Morgan fingerprint density at radius 2 is 1.54 bits per heavy atom. The van der Waals surface area contributed by atoms with Crippen LogP contribution in [0.2, 0.25) is 0 Å². The molecule has 0 saturated carbocycles. The summed E-state index contributed by atoms with van der Waals surface area (Å²) in [5.74, 6) is 0.338. The number of carbonyl (C=O) groups excluding carboxylic acids is 1. The first-order chi connectivity index (χ1) is 19.7. The highest BCUT2D eigenvalue weighted by atomic mass is 32.2. The number of hydrogen-bond donors (Lipinski definition) is 5. The minimum absolute atomic E-state index is 0.205. The summed E-state index contributed by atoms with van der Waals surface area (Å²) >= 11 is 0.761. The molecular weight excluding hydrogens is 568 g/mol. The van der Waals surface area contributed by atoms with Crippen LogP contribution in [0, 0.1) is 0 Å². The fourth-order valence-corrected chi connectivity index (χ4v) is 4.66. The first-order valence-corrected chi connectivity index (χ1v) is 13.1. The smallest absolute Gasteiger partial charge is 0.373 e. The maximum absolute atomic E-state index is 12.3. The van der Waals surface area contributed by atoms with Gasteiger partial charge in [0.15, 0.2) is 12.6 Å². The number of rotatable bonds is 12. The molecule has 0 aromatic heterocycles. The molecule has 0 amide bonds. The highest BCUT2D eigenvalue weighted by Gasteiger charge is 2.48. The molecule has 2 fully saturated rings. The number of aliphatic hydroxyl groups excluding tert-OH is 5. The molecule has 0 aliphatic carbocycles. The summed E-state index contributed by atoms with van der Waals surface area (Å²) in [5, 5.41) is 56.5. The molecule has 1 unspecified atom stereocenters. The van der Waals surface area contributed by atoms with Crippen LogP contribution in [0.4, 0.5) is 4.79 Å². The molecule has 3 rings (SSSR count). The van der Waals surface area contributed by atoms with E-state index in [1.807, 2.05) is 0 Å². The zero-order valence-corrected chi connectivity index (χ0v) is 22.2. The number of benzene rings is 1. The number of para-hydroxylation sites is 1. The third-order valence-corrected chi connectivity index (χ3v) is 7.10. The standard InChI is InChI=1S/C23H30N6O11S/c1-2-12(41-23(35)38-11-6-4-3-5-7-11)9-36-21-16(27-29-25)20(34)18(32)14(40-21)10-37-22-15(26-28-24)19(33)17(31)13(8-30)39-22/h2-7,12-22,30-34H,1,8-10H2/t12?,13-,14-,15-,16-,17-,18-,19-,20-,21-,22-/m1/s1. The molecule has 18 heteroatoms. The van der Waals surface area contributed by atoms with Crippen molar-refractivity contribution < 1.29 is 54.0 Å². The Hall–Kier alpha value is -2.96. The fourth-order valence-electron chi connectivity index (χ4n) is 4.02. The Bertz CT molecular complexity index is 1110. The second-order valence-corrected chi connectivity index (χ2v) is 10.0. The first kappa shape index (κ1) is 32.6. The molecule has 2 heterocycles. The van der Waals surface area contributed by atoms with Gasteiger partial charge in [-0.3, -0.25) is 0 Å². The lowest BCUT2D eigenvalue weighted by molar-refractivity contribution is -0.299. The largest absolute Gasteiger partial charge is 0.418 e. The van der Waals surface area contributed by atoms with Gasteiger partial charge in [0.2, 0.25) is 0 Å². The highest BCUT2D eigenvalue weighted by Crippen LogP contribution is 2.29. The zero-order chi connectivity index (χ0) is 29.9. The molecule has 5 N–H and O–H groups in total. The van der Waals surface area contributed by atoms with Crippen LogP contribution in [0.25, 0.3) is 20.9 Å². The molecule has 1 aromatic rings. The van der Waals surface area contributed by atoms with Gasteiger partial charge in [0, 0.05) is 9.82 Å². The average Bonchev–Trinajstić information content (AvgIpc) is 2.97. The lowest BCUT2D eigenvalue weighted by Gasteiger charge is -2.43. The van der Waals surface area contributed by atoms with Crippen molar-refractivity contribution in [1.82, 2.24) is 0 Å². The van der Waals surface area contributed by atoms with Gasteiger partial charge in [-0.05, 0) is 35.0 Å². The van der Waals surface area contributed by atoms with E-state index in [1.165, 1.54) is 6.08 Å². The van der Waals surface area contributed by atoms with Crippen molar-refractivity contribution >= 4 is 17.1 Å². The van der Waals surface area contributed by atoms with Gasteiger partial charge in [-0.25, -0.2) is 4.79 Å². The van der Waals surface area contributed by atoms with Crippen molar-refractivity contribution in [1.29, 1.82) is 0 Å². The molecule has 0 bridgehead atoms. The number of hydrogen-bond acceptors (Lipinski definition) is 14. The molecule has 2 saturated heterocycles. The van der Waals surface area contributed by atoms with E-state index in [1.54, 1.807) is 30.3 Å². The summed E-state index contributed by atoms with van der Waals surface area (Å²) in [6.07, 6.45) is -10.6. The topological polar surface area (TPSA) is 262 Å². The summed E-state index contributed by atoms with van der Waals surface area (Å²) in [4.78, 5) is 17.6. The van der Waals surface area contributed by atoms with Crippen molar-refractivity contribution in [2.45, 2.75) is 66.5 Å². The van der Waals surface area contributed by atoms with Crippen molar-refractivity contribution in [3.63, 3.8) is 0 Å². The molecule has 11 atom stereocenters. The summed E-state index contributed by atoms with van der Waals surface area (Å²) < 4.78 is 27.6. The van der Waals surface area contributed by atoms with E-state index < -0.39 is 85.1 Å². The summed E-state index contributed by atoms with van der Waals surface area (Å²) in [5.41, 5.74) is 17.8. The van der Waals surface area contributed by atoms with E-state index >= 15 is 0 Å². The third-order valence-electron chi connectivity index (χ3n) is 6.19. The monoisotopic (exact) mass is 598 g/mol. The van der Waals surface area contributed by atoms with Crippen LogP contribution in [-0.4, -0.2) is 117 Å². The minimum atomic E-state index is -1.67. The highest BCUT2D eigenvalue weighted by molar-refractivity contribution is 8.14.